The van der Waals surface area contributed by atoms with Gasteiger partial charge in [-0.1, -0.05) is 20.8 Å². The molecule has 0 radical (unpaired) electrons. The fourth-order valence-corrected chi connectivity index (χ4v) is 5.29. The summed E-state index contributed by atoms with van der Waals surface area (Å²) in [6.45, 7) is 5.63. The number of methoxy groups -OCH3 is 1. The lowest BCUT2D eigenvalue weighted by Crippen LogP contribution is -2.41. The number of ether oxygens (including phenoxy) is 1. The van der Waals surface area contributed by atoms with Gasteiger partial charge in [-0.2, -0.15) is 0 Å². The van der Waals surface area contributed by atoms with Crippen molar-refractivity contribution in [2.45, 2.75) is 45.4 Å². The molecule has 156 valence electrons. The van der Waals surface area contributed by atoms with E-state index in [1.54, 1.807) is 18.4 Å². The zero-order valence-electron chi connectivity index (χ0n) is 17.5. The number of carbonyl (C=O) groups excluding carboxylic acids is 1. The summed E-state index contributed by atoms with van der Waals surface area (Å²) in [7, 11) is 1.57. The van der Waals surface area contributed by atoms with Crippen molar-refractivity contribution in [2.24, 2.45) is 0 Å². The van der Waals surface area contributed by atoms with Gasteiger partial charge in [0.2, 0.25) is 0 Å². The van der Waals surface area contributed by atoms with Crippen molar-refractivity contribution in [3.8, 4) is 17.1 Å². The number of hydrogen-bond donors (Lipinski definition) is 1. The first-order valence-corrected chi connectivity index (χ1v) is 11.0. The van der Waals surface area contributed by atoms with E-state index in [-0.39, 0.29) is 28.3 Å². The molecule has 2 heterocycles. The molecule has 0 unspecified atom stereocenters. The number of Topliss-reactive ketones (excluding diaryl/α,β-unsaturated/α-hetero) is 1. The fraction of sp³-hybridized carbons (Fsp3) is 0.333. The van der Waals surface area contributed by atoms with E-state index >= 15 is 0 Å². The highest BCUT2D eigenvalue weighted by Crippen LogP contribution is 2.46. The van der Waals surface area contributed by atoms with E-state index in [0.29, 0.717) is 41.9 Å². The van der Waals surface area contributed by atoms with Crippen molar-refractivity contribution in [3.05, 3.63) is 56.8 Å². The second-order valence-electron chi connectivity index (χ2n) is 7.45. The minimum absolute atomic E-state index is 0.107. The summed E-state index contributed by atoms with van der Waals surface area (Å²) in [6, 6.07) is 7.16. The molecule has 5 nitrogen and oxygen atoms in total. The number of aliphatic hydroxyl groups excluding tert-OH is 1. The summed E-state index contributed by atoms with van der Waals surface area (Å²) >= 11 is 1.58. The molecule has 0 spiro atoms. The van der Waals surface area contributed by atoms with Crippen LogP contribution in [0.3, 0.4) is 0 Å². The minimum Gasteiger partial charge on any atom is -0.507 e. The van der Waals surface area contributed by atoms with Crippen LogP contribution in [0.2, 0.25) is 0 Å². The third-order valence-corrected chi connectivity index (χ3v) is 7.12. The molecule has 2 aromatic heterocycles. The Bertz CT molecular complexity index is 1240. The summed E-state index contributed by atoms with van der Waals surface area (Å²) in [5.41, 5.74) is -0.256. The van der Waals surface area contributed by atoms with Crippen LogP contribution in [0.4, 0.5) is 0 Å². The number of ketones is 1. The normalized spacial score (nSPS) is 15.5. The van der Waals surface area contributed by atoms with Gasteiger partial charge in [0, 0.05) is 21.7 Å². The van der Waals surface area contributed by atoms with Crippen LogP contribution >= 0.6 is 11.3 Å². The smallest absolute Gasteiger partial charge is 0.196 e. The van der Waals surface area contributed by atoms with E-state index < -0.39 is 5.41 Å². The van der Waals surface area contributed by atoms with Crippen molar-refractivity contribution in [1.82, 2.24) is 0 Å². The van der Waals surface area contributed by atoms with Gasteiger partial charge in [0.15, 0.2) is 11.2 Å². The van der Waals surface area contributed by atoms with Gasteiger partial charge in [-0.25, -0.2) is 0 Å². The van der Waals surface area contributed by atoms with Crippen molar-refractivity contribution in [1.29, 1.82) is 0 Å². The monoisotopic (exact) mass is 424 g/mol. The molecule has 0 bridgehead atoms. The fourth-order valence-electron chi connectivity index (χ4n) is 4.50. The first kappa shape index (κ1) is 20.4. The molecule has 3 aromatic rings. The molecular weight excluding hydrogens is 400 g/mol. The van der Waals surface area contributed by atoms with Crippen LogP contribution in [0.1, 0.15) is 51.4 Å². The van der Waals surface area contributed by atoms with E-state index in [4.69, 9.17) is 9.15 Å². The van der Waals surface area contributed by atoms with Crippen LogP contribution in [0.5, 0.6) is 5.75 Å². The summed E-state index contributed by atoms with van der Waals surface area (Å²) in [4.78, 5) is 26.6. The quantitative estimate of drug-likeness (QED) is 0.556. The summed E-state index contributed by atoms with van der Waals surface area (Å²) in [5.74, 6) is 0.756. The van der Waals surface area contributed by atoms with E-state index in [1.807, 2.05) is 44.4 Å². The van der Waals surface area contributed by atoms with Gasteiger partial charge in [-0.3, -0.25) is 9.59 Å². The first-order chi connectivity index (χ1) is 14.4. The number of thiophene rings is 1. The van der Waals surface area contributed by atoms with Gasteiger partial charge in [-0.05, 0) is 42.8 Å². The lowest BCUT2D eigenvalue weighted by Gasteiger charge is -2.35. The van der Waals surface area contributed by atoms with E-state index in [1.165, 1.54) is 6.07 Å². The molecule has 1 aliphatic carbocycles. The molecule has 0 amide bonds. The molecule has 30 heavy (non-hydrogen) atoms. The van der Waals surface area contributed by atoms with Crippen LogP contribution in [0.15, 0.2) is 44.4 Å². The Morgan fingerprint density at radius 2 is 1.83 bits per heavy atom. The average molecular weight is 425 g/mol. The number of hydrogen-bond acceptors (Lipinski definition) is 6. The van der Waals surface area contributed by atoms with Gasteiger partial charge in [0.1, 0.15) is 28.6 Å². The molecule has 1 aromatic carbocycles. The molecule has 6 heteroatoms. The molecule has 0 saturated carbocycles. The molecule has 0 atom stereocenters. The Morgan fingerprint density at radius 3 is 2.47 bits per heavy atom. The lowest BCUT2D eigenvalue weighted by molar-refractivity contribution is -0.122. The van der Waals surface area contributed by atoms with Crippen LogP contribution in [-0.4, -0.2) is 18.0 Å². The van der Waals surface area contributed by atoms with E-state index in [2.05, 4.69) is 0 Å². The van der Waals surface area contributed by atoms with Crippen molar-refractivity contribution < 1.29 is 19.1 Å². The van der Waals surface area contributed by atoms with Gasteiger partial charge < -0.3 is 14.3 Å². The summed E-state index contributed by atoms with van der Waals surface area (Å²) in [5, 5.41) is 13.7. The number of carbonyl (C=O) groups is 1. The molecule has 4 rings (SSSR count). The second kappa shape index (κ2) is 7.43. The zero-order valence-corrected chi connectivity index (χ0v) is 18.3. The third-order valence-electron chi connectivity index (χ3n) is 6.24. The van der Waals surface area contributed by atoms with Crippen LogP contribution in [0, 0.1) is 0 Å². The largest absolute Gasteiger partial charge is 0.507 e. The predicted molar refractivity (Wildman–Crippen MR) is 119 cm³/mol. The Balaban J connectivity index is 2.11. The van der Waals surface area contributed by atoms with Crippen molar-refractivity contribution in [3.63, 3.8) is 0 Å². The Labute approximate surface area is 178 Å². The highest BCUT2D eigenvalue weighted by atomic mass is 32.1. The van der Waals surface area contributed by atoms with E-state index in [0.717, 1.165) is 10.1 Å². The number of benzene rings is 1. The molecule has 0 fully saturated rings. The number of allylic oxidation sites excluding steroid dienone is 1. The number of fused-ring (bicyclic) bond motifs is 2. The minimum atomic E-state index is -0.974. The molecular formula is C24H24O5S. The lowest BCUT2D eigenvalue weighted by atomic mass is 9.68. The maximum absolute atomic E-state index is 13.4. The highest BCUT2D eigenvalue weighted by Gasteiger charge is 2.48. The van der Waals surface area contributed by atoms with E-state index in [9.17, 15) is 14.7 Å². The van der Waals surface area contributed by atoms with Gasteiger partial charge in [-0.15, -0.1) is 11.3 Å². The van der Waals surface area contributed by atoms with Crippen LogP contribution < -0.4 is 10.2 Å². The Hall–Kier alpha value is -2.86. The van der Waals surface area contributed by atoms with Crippen LogP contribution in [-0.2, 0) is 10.2 Å². The second-order valence-corrected chi connectivity index (χ2v) is 8.40. The number of aliphatic hydroxyl groups is 1. The highest BCUT2D eigenvalue weighted by molar-refractivity contribution is 7.17. The topological polar surface area (TPSA) is 76.7 Å². The number of rotatable bonds is 5. The third kappa shape index (κ3) is 2.67. The average Bonchev–Trinajstić information content (AvgIpc) is 3.22. The first-order valence-electron chi connectivity index (χ1n) is 10.1. The zero-order chi connectivity index (χ0) is 21.6. The maximum atomic E-state index is 13.4. The molecule has 1 aliphatic rings. The summed E-state index contributed by atoms with van der Waals surface area (Å²) in [6.07, 6.45) is 1.30. The summed E-state index contributed by atoms with van der Waals surface area (Å²) < 4.78 is 12.9. The van der Waals surface area contributed by atoms with Crippen molar-refractivity contribution in [2.75, 3.05) is 7.11 Å². The standard InChI is InChI=1S/C24H24O5S/c1-5-13-21(26)20-15(25)12-17(29-23(20)24(6-2,7-3)22(13)27)19-14-10-11-30-18(14)9-8-16(19)28-4/h8-12,26H,5-7H2,1-4H3. The SMILES string of the molecule is CCC1=C(O)c2c(oc(-c3c(OC)ccc4sccc34)cc2=O)C(CC)(CC)C1=O. The molecule has 1 N–H and O–H groups in total. The van der Waals surface area contributed by atoms with Gasteiger partial charge in [0.05, 0.1) is 18.1 Å². The predicted octanol–water partition coefficient (Wildman–Crippen LogP) is 5.85. The van der Waals surface area contributed by atoms with Gasteiger partial charge >= 0.3 is 0 Å². The Kier molecular flexibility index (Phi) is 5.06. The Morgan fingerprint density at radius 1 is 1.10 bits per heavy atom. The molecule has 0 aliphatic heterocycles. The molecule has 0 saturated heterocycles. The van der Waals surface area contributed by atoms with Gasteiger partial charge in [0.25, 0.3) is 0 Å². The van der Waals surface area contributed by atoms with Crippen molar-refractivity contribution >= 4 is 33.0 Å². The van der Waals surface area contributed by atoms with Crippen LogP contribution in [0.25, 0.3) is 27.2 Å². The maximum Gasteiger partial charge on any atom is 0.196 e.